The summed E-state index contributed by atoms with van der Waals surface area (Å²) in [7, 11) is 0. The van der Waals surface area contributed by atoms with Gasteiger partial charge in [-0.15, -0.1) is 0 Å². The van der Waals surface area contributed by atoms with Crippen LogP contribution in [0.5, 0.6) is 11.5 Å². The summed E-state index contributed by atoms with van der Waals surface area (Å²) in [5, 5.41) is 0. The monoisotopic (exact) mass is 285 g/mol. The lowest BCUT2D eigenvalue weighted by molar-refractivity contribution is -0.0513. The molecule has 0 fully saturated rings. The zero-order valence-electron chi connectivity index (χ0n) is 10.0. The van der Waals surface area contributed by atoms with Gasteiger partial charge >= 0.3 is 13.2 Å². The van der Waals surface area contributed by atoms with Gasteiger partial charge in [-0.2, -0.15) is 17.6 Å². The van der Waals surface area contributed by atoms with E-state index in [1.165, 1.54) is 36.4 Å². The van der Waals surface area contributed by atoms with Crippen LogP contribution in [0, 0.1) is 6.07 Å². The molecule has 105 valence electrons. The molecule has 0 amide bonds. The van der Waals surface area contributed by atoms with Crippen LogP contribution in [0.25, 0.3) is 11.1 Å². The van der Waals surface area contributed by atoms with E-state index >= 15 is 0 Å². The van der Waals surface area contributed by atoms with Crippen molar-refractivity contribution >= 4 is 0 Å². The van der Waals surface area contributed by atoms with Gasteiger partial charge in [0.2, 0.25) is 0 Å². The third kappa shape index (κ3) is 3.40. The van der Waals surface area contributed by atoms with E-state index in [1.54, 1.807) is 6.07 Å². The number of rotatable bonds is 5. The summed E-state index contributed by atoms with van der Waals surface area (Å²) in [5.41, 5.74) is 0.456. The Labute approximate surface area is 112 Å². The van der Waals surface area contributed by atoms with Crippen molar-refractivity contribution in [2.45, 2.75) is 13.2 Å². The highest BCUT2D eigenvalue weighted by molar-refractivity contribution is 5.75. The summed E-state index contributed by atoms with van der Waals surface area (Å²) in [6.07, 6.45) is 0. The summed E-state index contributed by atoms with van der Waals surface area (Å²) in [6, 6.07) is 12.6. The molecule has 0 unspecified atom stereocenters. The topological polar surface area (TPSA) is 18.5 Å². The first-order valence-electron chi connectivity index (χ1n) is 5.57. The summed E-state index contributed by atoms with van der Waals surface area (Å²) in [6.45, 7) is -6.03. The van der Waals surface area contributed by atoms with E-state index in [0.29, 0.717) is 0 Å². The zero-order valence-corrected chi connectivity index (χ0v) is 10.0. The molecular weight excluding hydrogens is 276 g/mol. The van der Waals surface area contributed by atoms with Crippen molar-refractivity contribution in [3.63, 3.8) is 0 Å². The summed E-state index contributed by atoms with van der Waals surface area (Å²) in [5.74, 6) is -0.277. The van der Waals surface area contributed by atoms with Crippen molar-refractivity contribution < 1.29 is 27.0 Å². The molecule has 1 radical (unpaired) electrons. The highest BCUT2D eigenvalue weighted by Crippen LogP contribution is 2.37. The summed E-state index contributed by atoms with van der Waals surface area (Å²) in [4.78, 5) is 0. The van der Waals surface area contributed by atoms with Crippen molar-refractivity contribution in [2.24, 2.45) is 0 Å². The lowest BCUT2D eigenvalue weighted by atomic mass is 10.0. The van der Waals surface area contributed by atoms with Crippen molar-refractivity contribution in [3.8, 4) is 22.6 Å². The molecule has 2 aromatic carbocycles. The maximum Gasteiger partial charge on any atom is 0.387 e. The number of alkyl halides is 4. The number of hydrogen-bond acceptors (Lipinski definition) is 2. The molecule has 0 aromatic heterocycles. The van der Waals surface area contributed by atoms with Crippen LogP contribution in [0.3, 0.4) is 0 Å². The van der Waals surface area contributed by atoms with Crippen LogP contribution in [0.2, 0.25) is 0 Å². The average Bonchev–Trinajstić information content (AvgIpc) is 2.39. The van der Waals surface area contributed by atoms with E-state index < -0.39 is 13.2 Å². The predicted octanol–water partition coefficient (Wildman–Crippen LogP) is 4.36. The second kappa shape index (κ2) is 6.27. The van der Waals surface area contributed by atoms with E-state index in [2.05, 4.69) is 15.5 Å². The van der Waals surface area contributed by atoms with E-state index in [-0.39, 0.29) is 22.6 Å². The first-order valence-corrected chi connectivity index (χ1v) is 5.57. The fourth-order valence-corrected chi connectivity index (χ4v) is 1.72. The molecule has 0 bridgehead atoms. The molecule has 20 heavy (non-hydrogen) atoms. The van der Waals surface area contributed by atoms with Gasteiger partial charge in [0.05, 0.1) is 0 Å². The van der Waals surface area contributed by atoms with Crippen LogP contribution in [0.4, 0.5) is 17.6 Å². The molecule has 0 heterocycles. The second-order valence-corrected chi connectivity index (χ2v) is 3.68. The fraction of sp³-hybridized carbons (Fsp3) is 0.143. The minimum Gasteiger partial charge on any atom is -0.434 e. The van der Waals surface area contributed by atoms with Gasteiger partial charge in [-0.05, 0) is 24.3 Å². The number of para-hydroxylation sites is 1. The van der Waals surface area contributed by atoms with Gasteiger partial charge in [-0.1, -0.05) is 24.3 Å². The summed E-state index contributed by atoms with van der Waals surface area (Å²) < 4.78 is 58.1. The van der Waals surface area contributed by atoms with Gasteiger partial charge < -0.3 is 9.47 Å². The Morgan fingerprint density at radius 1 is 0.800 bits per heavy atom. The Balaban J connectivity index is 2.46. The molecule has 0 saturated carbocycles. The Kier molecular flexibility index (Phi) is 4.45. The number of hydrogen-bond donors (Lipinski definition) is 0. The molecule has 0 N–H and O–H groups in total. The highest BCUT2D eigenvalue weighted by atomic mass is 19.3. The molecule has 0 saturated heterocycles. The SMILES string of the molecule is FC(F)Oc1c[c]ccc1-c1ccccc1OC(F)F. The lowest BCUT2D eigenvalue weighted by Crippen LogP contribution is -2.05. The highest BCUT2D eigenvalue weighted by Gasteiger charge is 2.16. The lowest BCUT2D eigenvalue weighted by Gasteiger charge is -2.14. The van der Waals surface area contributed by atoms with Crippen LogP contribution < -0.4 is 9.47 Å². The number of benzene rings is 2. The minimum absolute atomic E-state index is 0.118. The van der Waals surface area contributed by atoms with E-state index in [0.717, 1.165) is 0 Å². The molecule has 2 rings (SSSR count). The molecule has 0 aliphatic heterocycles. The standard InChI is InChI=1S/C14H9F4O2/c15-13(16)19-11-7-3-1-5-9(11)10-6-2-4-8-12(10)20-14(17)18/h1-3,5-8,13-14H. The second-order valence-electron chi connectivity index (χ2n) is 3.68. The predicted molar refractivity (Wildman–Crippen MR) is 64.0 cm³/mol. The third-order valence-corrected chi connectivity index (χ3v) is 2.44. The molecule has 6 heteroatoms. The zero-order chi connectivity index (χ0) is 14.5. The van der Waals surface area contributed by atoms with Crippen molar-refractivity contribution in [3.05, 3.63) is 48.5 Å². The van der Waals surface area contributed by atoms with Crippen LogP contribution >= 0.6 is 0 Å². The van der Waals surface area contributed by atoms with E-state index in [4.69, 9.17) is 0 Å². The van der Waals surface area contributed by atoms with Crippen LogP contribution in [0.1, 0.15) is 0 Å². The largest absolute Gasteiger partial charge is 0.434 e. The Hall–Kier alpha value is -2.24. The van der Waals surface area contributed by atoms with Gasteiger partial charge in [-0.25, -0.2) is 0 Å². The smallest absolute Gasteiger partial charge is 0.387 e. The van der Waals surface area contributed by atoms with Crippen LogP contribution in [-0.4, -0.2) is 13.2 Å². The first kappa shape index (κ1) is 14.2. The minimum atomic E-state index is -3.02. The van der Waals surface area contributed by atoms with Gasteiger partial charge in [0.25, 0.3) is 0 Å². The number of halogens is 4. The Bertz CT molecular complexity index is 521. The number of ether oxygens (including phenoxy) is 2. The Morgan fingerprint density at radius 2 is 1.40 bits per heavy atom. The molecule has 2 aromatic rings. The average molecular weight is 285 g/mol. The van der Waals surface area contributed by atoms with Crippen molar-refractivity contribution in [1.82, 2.24) is 0 Å². The summed E-state index contributed by atoms with van der Waals surface area (Å²) >= 11 is 0. The van der Waals surface area contributed by atoms with E-state index in [9.17, 15) is 17.6 Å². The molecule has 0 aliphatic rings. The maximum absolute atomic E-state index is 12.3. The van der Waals surface area contributed by atoms with Gasteiger partial charge in [0.15, 0.2) is 0 Å². The first-order chi connectivity index (χ1) is 9.58. The maximum atomic E-state index is 12.3. The normalized spacial score (nSPS) is 10.9. The third-order valence-electron chi connectivity index (χ3n) is 2.44. The Morgan fingerprint density at radius 3 is 2.10 bits per heavy atom. The molecule has 2 nitrogen and oxygen atoms in total. The molecule has 0 atom stereocenters. The fourth-order valence-electron chi connectivity index (χ4n) is 1.72. The van der Waals surface area contributed by atoms with Crippen molar-refractivity contribution in [1.29, 1.82) is 0 Å². The molecular formula is C14H9F4O2. The van der Waals surface area contributed by atoms with E-state index in [1.807, 2.05) is 0 Å². The quantitative estimate of drug-likeness (QED) is 0.760. The van der Waals surface area contributed by atoms with Gasteiger partial charge in [-0.3, -0.25) is 0 Å². The molecule has 0 spiro atoms. The van der Waals surface area contributed by atoms with Crippen LogP contribution in [-0.2, 0) is 0 Å². The van der Waals surface area contributed by atoms with Crippen LogP contribution in [0.15, 0.2) is 42.5 Å². The molecule has 0 aliphatic carbocycles. The van der Waals surface area contributed by atoms with Gasteiger partial charge in [0.1, 0.15) is 11.5 Å². The van der Waals surface area contributed by atoms with Crippen molar-refractivity contribution in [2.75, 3.05) is 0 Å². The van der Waals surface area contributed by atoms with Gasteiger partial charge in [0, 0.05) is 11.1 Å².